The second-order valence-corrected chi connectivity index (χ2v) is 5.94. The van der Waals surface area contributed by atoms with Crippen molar-refractivity contribution < 1.29 is 24.9 Å². The predicted octanol–water partition coefficient (Wildman–Crippen LogP) is 1.59. The molecule has 2 atom stereocenters. The van der Waals surface area contributed by atoms with E-state index in [2.05, 4.69) is 6.92 Å². The number of unbranched alkanes of at least 4 members (excludes halogenated alkanes) is 9. The molecule has 0 heterocycles. The number of rotatable bonds is 15. The smallest absolute Gasteiger partial charge is 0.172 e. The summed E-state index contributed by atoms with van der Waals surface area (Å²) in [5.74, 6) is -3.62. The number of carbonyl (C=O) groups excluding carboxylic acids is 2. The second-order valence-electron chi connectivity index (χ2n) is 5.94. The molecule has 0 fully saturated rings. The van der Waals surface area contributed by atoms with E-state index in [-0.39, 0.29) is 6.42 Å². The van der Waals surface area contributed by atoms with E-state index in [9.17, 15) is 19.8 Å². The Labute approximate surface area is 133 Å². The van der Waals surface area contributed by atoms with E-state index < -0.39 is 30.4 Å². The van der Waals surface area contributed by atoms with Gasteiger partial charge in [-0.2, -0.15) is 0 Å². The quantitative estimate of drug-likeness (QED) is 0.353. The summed E-state index contributed by atoms with van der Waals surface area (Å²) in [6.07, 6.45) is 9.83. The van der Waals surface area contributed by atoms with Crippen molar-refractivity contribution in [3.8, 4) is 0 Å². The molecule has 0 amide bonds. The minimum Gasteiger partial charge on any atom is -0.549 e. The lowest BCUT2D eigenvalue weighted by Gasteiger charge is -2.19. The topological polar surface area (TPSA) is 97.7 Å². The molecule has 5 nitrogen and oxygen atoms in total. The van der Waals surface area contributed by atoms with Crippen molar-refractivity contribution >= 4 is 11.8 Å². The Morgan fingerprint density at radius 1 is 0.909 bits per heavy atom. The molecule has 22 heavy (non-hydrogen) atoms. The molecule has 0 aromatic heterocycles. The van der Waals surface area contributed by atoms with Gasteiger partial charge in [0.15, 0.2) is 5.78 Å². The summed E-state index contributed by atoms with van der Waals surface area (Å²) in [5.41, 5.74) is 0. The van der Waals surface area contributed by atoms with Gasteiger partial charge in [0.05, 0.1) is 18.5 Å². The van der Waals surface area contributed by atoms with Gasteiger partial charge in [0.25, 0.3) is 0 Å². The van der Waals surface area contributed by atoms with Crippen LogP contribution in [0, 0.1) is 5.92 Å². The number of hydrogen-bond donors (Lipinski definition) is 2. The Morgan fingerprint density at radius 2 is 1.36 bits per heavy atom. The third-order valence-corrected chi connectivity index (χ3v) is 3.98. The van der Waals surface area contributed by atoms with Crippen molar-refractivity contribution in [1.82, 2.24) is 0 Å². The zero-order chi connectivity index (χ0) is 16.8. The van der Waals surface area contributed by atoms with E-state index in [4.69, 9.17) is 5.11 Å². The van der Waals surface area contributed by atoms with Crippen LogP contribution >= 0.6 is 0 Å². The van der Waals surface area contributed by atoms with E-state index >= 15 is 0 Å². The number of aliphatic hydroxyl groups excluding tert-OH is 2. The van der Waals surface area contributed by atoms with Gasteiger partial charge in [-0.1, -0.05) is 71.1 Å². The van der Waals surface area contributed by atoms with Crippen LogP contribution in [0.3, 0.4) is 0 Å². The summed E-state index contributed by atoms with van der Waals surface area (Å²) in [5, 5.41) is 28.8. The molecule has 0 aromatic rings. The van der Waals surface area contributed by atoms with Crippen LogP contribution in [0.25, 0.3) is 0 Å². The number of carboxylic acids is 1. The van der Waals surface area contributed by atoms with E-state index in [1.807, 2.05) is 0 Å². The van der Waals surface area contributed by atoms with Crippen LogP contribution in [0.15, 0.2) is 0 Å². The van der Waals surface area contributed by atoms with Gasteiger partial charge in [-0.25, -0.2) is 0 Å². The van der Waals surface area contributed by atoms with Crippen LogP contribution in [0.5, 0.6) is 0 Å². The molecule has 0 radical (unpaired) electrons. The van der Waals surface area contributed by atoms with Gasteiger partial charge in [0.2, 0.25) is 0 Å². The summed E-state index contributed by atoms with van der Waals surface area (Å²) in [4.78, 5) is 22.5. The third-order valence-electron chi connectivity index (χ3n) is 3.98. The minimum atomic E-state index is -1.62. The van der Waals surface area contributed by atoms with Gasteiger partial charge in [-0.05, 0) is 6.42 Å². The molecule has 0 aliphatic carbocycles. The fourth-order valence-corrected chi connectivity index (χ4v) is 2.53. The van der Waals surface area contributed by atoms with Gasteiger partial charge in [-0.3, -0.25) is 4.79 Å². The maximum Gasteiger partial charge on any atom is 0.172 e. The SMILES string of the molecule is CCCCCCCCCCCCC(C(=O)[O-])C(=O)C(O)CO. The Morgan fingerprint density at radius 3 is 1.77 bits per heavy atom. The zero-order valence-electron chi connectivity index (χ0n) is 13.8. The standard InChI is InChI=1S/C17H32O5/c1-2-3-4-5-6-7-8-9-10-11-12-14(17(21)22)16(20)15(19)13-18/h14-15,18-19H,2-13H2,1H3,(H,21,22)/p-1. The maximum atomic E-state index is 11.6. The largest absolute Gasteiger partial charge is 0.549 e. The summed E-state index contributed by atoms with van der Waals surface area (Å²) in [7, 11) is 0. The van der Waals surface area contributed by atoms with Crippen molar-refractivity contribution in [1.29, 1.82) is 0 Å². The Balaban J connectivity index is 3.70. The highest BCUT2D eigenvalue weighted by Gasteiger charge is 2.25. The molecule has 0 aromatic carbocycles. The Hall–Kier alpha value is -0.940. The summed E-state index contributed by atoms with van der Waals surface area (Å²) in [6.45, 7) is 1.45. The van der Waals surface area contributed by atoms with E-state index in [1.54, 1.807) is 0 Å². The molecular weight excluding hydrogens is 284 g/mol. The number of hydrogen-bond acceptors (Lipinski definition) is 5. The summed E-state index contributed by atoms with van der Waals surface area (Å²) in [6, 6.07) is 0. The number of carbonyl (C=O) groups is 2. The molecule has 0 spiro atoms. The highest BCUT2D eigenvalue weighted by Crippen LogP contribution is 2.15. The molecule has 2 N–H and O–H groups in total. The monoisotopic (exact) mass is 315 g/mol. The van der Waals surface area contributed by atoms with Crippen LogP contribution in [0.2, 0.25) is 0 Å². The third kappa shape index (κ3) is 9.90. The van der Waals surface area contributed by atoms with E-state index in [0.29, 0.717) is 6.42 Å². The fourth-order valence-electron chi connectivity index (χ4n) is 2.53. The number of carboxylic acid groups (broad SMARTS) is 1. The van der Waals surface area contributed by atoms with E-state index in [0.717, 1.165) is 19.3 Å². The lowest BCUT2D eigenvalue weighted by Crippen LogP contribution is -2.42. The number of Topliss-reactive ketones (excluding diaryl/α,β-unsaturated/α-hetero) is 1. The molecule has 0 saturated carbocycles. The lowest BCUT2D eigenvalue weighted by atomic mass is 9.93. The fraction of sp³-hybridized carbons (Fsp3) is 0.882. The summed E-state index contributed by atoms with van der Waals surface area (Å²) >= 11 is 0. The van der Waals surface area contributed by atoms with Crippen molar-refractivity contribution in [3.63, 3.8) is 0 Å². The zero-order valence-corrected chi connectivity index (χ0v) is 13.8. The number of ketones is 1. The molecular formula is C17H31O5-. The van der Waals surface area contributed by atoms with Crippen molar-refractivity contribution in [2.45, 2.75) is 83.7 Å². The van der Waals surface area contributed by atoms with Crippen molar-refractivity contribution in [2.75, 3.05) is 6.61 Å². The first-order chi connectivity index (χ1) is 10.5. The van der Waals surface area contributed by atoms with E-state index in [1.165, 1.54) is 38.5 Å². The van der Waals surface area contributed by atoms with Gasteiger partial charge in [0, 0.05) is 0 Å². The maximum absolute atomic E-state index is 11.6. The van der Waals surface area contributed by atoms with Crippen LogP contribution in [0.4, 0.5) is 0 Å². The molecule has 130 valence electrons. The average molecular weight is 315 g/mol. The first kappa shape index (κ1) is 21.1. The molecule has 0 rings (SSSR count). The molecule has 0 aliphatic heterocycles. The Kier molecular flexibility index (Phi) is 13.1. The summed E-state index contributed by atoms with van der Waals surface area (Å²) < 4.78 is 0. The number of aliphatic hydroxyl groups is 2. The molecule has 0 bridgehead atoms. The Bertz CT molecular complexity index is 303. The lowest BCUT2D eigenvalue weighted by molar-refractivity contribution is -0.310. The van der Waals surface area contributed by atoms with Crippen LogP contribution in [-0.4, -0.2) is 34.7 Å². The molecule has 0 saturated heterocycles. The first-order valence-electron chi connectivity index (χ1n) is 8.58. The molecule has 5 heteroatoms. The van der Waals surface area contributed by atoms with Crippen molar-refractivity contribution in [2.24, 2.45) is 5.92 Å². The van der Waals surface area contributed by atoms with Gasteiger partial charge < -0.3 is 20.1 Å². The van der Waals surface area contributed by atoms with Gasteiger partial charge in [0.1, 0.15) is 6.10 Å². The second kappa shape index (κ2) is 13.7. The first-order valence-corrected chi connectivity index (χ1v) is 8.58. The number of aliphatic carboxylic acids is 1. The van der Waals surface area contributed by atoms with Crippen LogP contribution < -0.4 is 5.11 Å². The average Bonchev–Trinajstić information content (AvgIpc) is 2.51. The van der Waals surface area contributed by atoms with Crippen LogP contribution in [0.1, 0.15) is 77.6 Å². The minimum absolute atomic E-state index is 0.175. The predicted molar refractivity (Wildman–Crippen MR) is 83.1 cm³/mol. The van der Waals surface area contributed by atoms with Crippen molar-refractivity contribution in [3.05, 3.63) is 0 Å². The van der Waals surface area contributed by atoms with Gasteiger partial charge in [-0.15, -0.1) is 0 Å². The van der Waals surface area contributed by atoms with Gasteiger partial charge >= 0.3 is 0 Å². The van der Waals surface area contributed by atoms with Crippen LogP contribution in [-0.2, 0) is 9.59 Å². The highest BCUT2D eigenvalue weighted by atomic mass is 16.4. The molecule has 2 unspecified atom stereocenters. The molecule has 0 aliphatic rings. The normalized spacial score (nSPS) is 13.8. The highest BCUT2D eigenvalue weighted by molar-refractivity contribution is 5.99.